The Hall–Kier alpha value is -2.98. The molecule has 0 radical (unpaired) electrons. The van der Waals surface area contributed by atoms with Crippen LogP contribution in [0.15, 0.2) is 42.6 Å². The van der Waals surface area contributed by atoms with Crippen LogP contribution in [0.5, 0.6) is 5.75 Å². The third kappa shape index (κ3) is 8.52. The molecular formula is C32H41N3O2S. The van der Waals surface area contributed by atoms with Crippen LogP contribution in [0.2, 0.25) is 0 Å². The summed E-state index contributed by atoms with van der Waals surface area (Å²) >= 11 is 1.75. The molecule has 38 heavy (non-hydrogen) atoms. The van der Waals surface area contributed by atoms with Crippen molar-refractivity contribution in [3.63, 3.8) is 0 Å². The SMILES string of the molecule is CC#Cc1cc(-c2ncc(-c3cccc4c3CCC4)s2)ccc1OC(C)C.CN1CCCC1.CNCC=O. The van der Waals surface area contributed by atoms with E-state index in [1.807, 2.05) is 33.0 Å². The fourth-order valence-corrected chi connectivity index (χ4v) is 5.56. The number of nitrogens with one attached hydrogen (secondary N) is 1. The van der Waals surface area contributed by atoms with Gasteiger partial charge in [-0.05, 0) is 115 Å². The van der Waals surface area contributed by atoms with E-state index in [-0.39, 0.29) is 6.10 Å². The number of hydrogen-bond acceptors (Lipinski definition) is 6. The van der Waals surface area contributed by atoms with Crippen LogP contribution >= 0.6 is 11.3 Å². The molecule has 1 N–H and O–H groups in total. The highest BCUT2D eigenvalue weighted by Crippen LogP contribution is 2.38. The molecule has 3 aromatic rings. The van der Waals surface area contributed by atoms with E-state index in [1.165, 1.54) is 66.8 Å². The second-order valence-electron chi connectivity index (χ2n) is 9.81. The molecule has 5 nitrogen and oxygen atoms in total. The third-order valence-corrected chi connectivity index (χ3v) is 7.46. The van der Waals surface area contributed by atoms with Gasteiger partial charge in [0.05, 0.1) is 23.1 Å². The van der Waals surface area contributed by atoms with E-state index in [0.717, 1.165) is 28.2 Å². The molecule has 2 aromatic carbocycles. The summed E-state index contributed by atoms with van der Waals surface area (Å²) in [6.07, 6.45) is 9.42. The van der Waals surface area contributed by atoms with Gasteiger partial charge in [-0.15, -0.1) is 17.3 Å². The summed E-state index contributed by atoms with van der Waals surface area (Å²) in [4.78, 5) is 17.7. The maximum absolute atomic E-state index is 9.34. The Morgan fingerprint density at radius 2 is 1.95 bits per heavy atom. The summed E-state index contributed by atoms with van der Waals surface area (Å²) < 4.78 is 5.89. The maximum Gasteiger partial charge on any atom is 0.135 e. The van der Waals surface area contributed by atoms with Crippen LogP contribution in [0, 0.1) is 11.8 Å². The molecule has 0 amide bonds. The van der Waals surface area contributed by atoms with E-state index in [0.29, 0.717) is 6.54 Å². The zero-order chi connectivity index (χ0) is 27.3. The van der Waals surface area contributed by atoms with Gasteiger partial charge in [0.25, 0.3) is 0 Å². The van der Waals surface area contributed by atoms with Gasteiger partial charge in [-0.3, -0.25) is 0 Å². The fraction of sp³-hybridized carbons (Fsp3) is 0.438. The van der Waals surface area contributed by atoms with Gasteiger partial charge < -0.3 is 19.7 Å². The lowest BCUT2D eigenvalue weighted by Crippen LogP contribution is -2.10. The molecule has 2 heterocycles. The number of likely N-dealkylation sites (N-methyl/N-ethyl adjacent to an activating group) is 1. The summed E-state index contributed by atoms with van der Waals surface area (Å²) in [5, 5.41) is 3.67. The molecule has 6 heteroatoms. The van der Waals surface area contributed by atoms with Crippen LogP contribution in [0.1, 0.15) is 56.7 Å². The number of carbonyl (C=O) groups is 1. The Kier molecular flexibility index (Phi) is 12.0. The molecule has 5 rings (SSSR count). The van der Waals surface area contributed by atoms with Crippen molar-refractivity contribution in [1.82, 2.24) is 15.2 Å². The van der Waals surface area contributed by atoms with Crippen LogP contribution in [-0.4, -0.2) is 56.0 Å². The number of aromatic nitrogens is 1. The van der Waals surface area contributed by atoms with E-state index < -0.39 is 0 Å². The number of aldehydes is 1. The number of thiazole rings is 1. The van der Waals surface area contributed by atoms with Gasteiger partial charge in [0.2, 0.25) is 0 Å². The number of aryl methyl sites for hydroxylation is 1. The first-order valence-corrected chi connectivity index (χ1v) is 14.4. The second-order valence-corrected chi connectivity index (χ2v) is 10.8. The minimum Gasteiger partial charge on any atom is -0.490 e. The van der Waals surface area contributed by atoms with Gasteiger partial charge in [0.1, 0.15) is 17.0 Å². The second kappa shape index (κ2) is 15.4. The lowest BCUT2D eigenvalue weighted by atomic mass is 10.0. The smallest absolute Gasteiger partial charge is 0.135 e. The van der Waals surface area contributed by atoms with Gasteiger partial charge in [-0.2, -0.15) is 0 Å². The summed E-state index contributed by atoms with van der Waals surface area (Å²) in [6.45, 7) is 9.01. The topological polar surface area (TPSA) is 54.5 Å². The predicted molar refractivity (Wildman–Crippen MR) is 160 cm³/mol. The van der Waals surface area contributed by atoms with Crippen LogP contribution in [0.25, 0.3) is 21.0 Å². The van der Waals surface area contributed by atoms with Crippen molar-refractivity contribution in [1.29, 1.82) is 0 Å². The van der Waals surface area contributed by atoms with Crippen LogP contribution in [-0.2, 0) is 17.6 Å². The summed E-state index contributed by atoms with van der Waals surface area (Å²) in [5.74, 6) is 6.99. The van der Waals surface area contributed by atoms with Crippen molar-refractivity contribution < 1.29 is 9.53 Å². The largest absolute Gasteiger partial charge is 0.490 e. The molecule has 1 aliphatic heterocycles. The number of carbonyl (C=O) groups excluding carboxylic acids is 1. The first kappa shape index (κ1) is 29.6. The number of fused-ring (bicyclic) bond motifs is 1. The normalized spacial score (nSPS) is 13.9. The number of likely N-dealkylation sites (tertiary alicyclic amines) is 1. The van der Waals surface area contributed by atoms with Crippen LogP contribution < -0.4 is 10.1 Å². The van der Waals surface area contributed by atoms with Crippen molar-refractivity contribution in [3.8, 4) is 38.6 Å². The van der Waals surface area contributed by atoms with Gasteiger partial charge >= 0.3 is 0 Å². The number of hydrogen-bond donors (Lipinski definition) is 1. The van der Waals surface area contributed by atoms with Gasteiger partial charge in [-0.25, -0.2) is 4.98 Å². The summed E-state index contributed by atoms with van der Waals surface area (Å²) in [6, 6.07) is 12.8. The van der Waals surface area contributed by atoms with Crippen molar-refractivity contribution in [2.24, 2.45) is 0 Å². The highest BCUT2D eigenvalue weighted by molar-refractivity contribution is 7.18. The Morgan fingerprint density at radius 1 is 1.16 bits per heavy atom. The number of ether oxygens (including phenoxy) is 1. The van der Waals surface area contributed by atoms with E-state index in [4.69, 9.17) is 9.72 Å². The zero-order valence-corrected chi connectivity index (χ0v) is 24.3. The fourth-order valence-electron chi connectivity index (χ4n) is 4.59. The molecule has 1 fully saturated rings. The lowest BCUT2D eigenvalue weighted by molar-refractivity contribution is -0.107. The van der Waals surface area contributed by atoms with E-state index >= 15 is 0 Å². The average Bonchev–Trinajstić information content (AvgIpc) is 3.68. The average molecular weight is 532 g/mol. The molecule has 0 spiro atoms. The first-order chi connectivity index (χ1) is 18.5. The van der Waals surface area contributed by atoms with Gasteiger partial charge in [-0.1, -0.05) is 24.1 Å². The maximum atomic E-state index is 9.34. The quantitative estimate of drug-likeness (QED) is 0.301. The predicted octanol–water partition coefficient (Wildman–Crippen LogP) is 6.24. The zero-order valence-electron chi connectivity index (χ0n) is 23.5. The number of rotatable bonds is 6. The number of nitrogens with zero attached hydrogens (tertiary/aromatic N) is 2. The van der Waals surface area contributed by atoms with Crippen molar-refractivity contribution in [2.75, 3.05) is 33.7 Å². The third-order valence-electron chi connectivity index (χ3n) is 6.38. The van der Waals surface area contributed by atoms with E-state index in [1.54, 1.807) is 18.4 Å². The molecule has 0 bridgehead atoms. The first-order valence-electron chi connectivity index (χ1n) is 13.5. The van der Waals surface area contributed by atoms with E-state index in [2.05, 4.69) is 59.4 Å². The van der Waals surface area contributed by atoms with E-state index in [9.17, 15) is 4.79 Å². The van der Waals surface area contributed by atoms with Crippen molar-refractivity contribution in [2.45, 2.75) is 59.0 Å². The highest BCUT2D eigenvalue weighted by Gasteiger charge is 2.17. The monoisotopic (exact) mass is 531 g/mol. The van der Waals surface area contributed by atoms with Crippen LogP contribution in [0.4, 0.5) is 0 Å². The Labute approximate surface area is 232 Å². The molecule has 1 aliphatic carbocycles. The van der Waals surface area contributed by atoms with Crippen molar-refractivity contribution in [3.05, 3.63) is 59.3 Å². The standard InChI is InChI=1S/C24H23NOS.C5H11N.C3H7NO/c1-4-7-18-14-19(12-13-22(18)26-16(2)3)24-25-15-23(27-24)21-11-6-9-17-8-5-10-20(17)21;1-6-4-2-3-5-6;1-4-2-3-5/h6,9,11-16H,5,8,10H2,1-3H3;2-5H2,1H3;3-4H,2H2,1H3. The molecule has 0 unspecified atom stereocenters. The molecule has 1 saturated heterocycles. The molecule has 0 atom stereocenters. The molecule has 0 saturated carbocycles. The molecule has 202 valence electrons. The lowest BCUT2D eigenvalue weighted by Gasteiger charge is -2.12. The Bertz CT molecular complexity index is 1230. The Morgan fingerprint density at radius 3 is 2.55 bits per heavy atom. The summed E-state index contributed by atoms with van der Waals surface area (Å²) in [5.41, 5.74) is 6.36. The van der Waals surface area contributed by atoms with Gasteiger partial charge in [0.15, 0.2) is 0 Å². The Balaban J connectivity index is 0.000000304. The molecule has 2 aliphatic rings. The molecule has 1 aromatic heterocycles. The minimum absolute atomic E-state index is 0.125. The molecular weight excluding hydrogens is 490 g/mol. The van der Waals surface area contributed by atoms with Crippen LogP contribution in [0.3, 0.4) is 0 Å². The number of benzene rings is 2. The highest BCUT2D eigenvalue weighted by atomic mass is 32.1. The van der Waals surface area contributed by atoms with Gasteiger partial charge in [0, 0.05) is 11.8 Å². The van der Waals surface area contributed by atoms with Crippen molar-refractivity contribution >= 4 is 17.6 Å². The minimum atomic E-state index is 0.125. The summed E-state index contributed by atoms with van der Waals surface area (Å²) in [7, 11) is 3.90.